The fourth-order valence-corrected chi connectivity index (χ4v) is 5.39. The number of rotatable bonds is 2. The van der Waals surface area contributed by atoms with E-state index in [1.54, 1.807) is 5.56 Å². The van der Waals surface area contributed by atoms with Crippen LogP contribution in [0.3, 0.4) is 0 Å². The zero-order valence-electron chi connectivity index (χ0n) is 16.4. The first-order valence-electron chi connectivity index (χ1n) is 9.39. The van der Waals surface area contributed by atoms with Crippen molar-refractivity contribution in [2.75, 3.05) is 0 Å². The Morgan fingerprint density at radius 2 is 1.72 bits per heavy atom. The fraction of sp³-hybridized carbons (Fsp3) is 0.391. The quantitative estimate of drug-likeness (QED) is 0.370. The van der Waals surface area contributed by atoms with Crippen molar-refractivity contribution in [2.24, 2.45) is 0 Å². The summed E-state index contributed by atoms with van der Waals surface area (Å²) >= 11 is 0. The highest BCUT2D eigenvalue weighted by atomic mass is 28.3. The van der Waals surface area contributed by atoms with Gasteiger partial charge in [-0.25, -0.2) is 0 Å². The molecule has 0 saturated carbocycles. The standard InChI is InChI=1S/C23H29NSi/c1-23(2,3)17-11-12-21-19(14-17)20-13-16-9-7-8-10-18(16)22(20)24(21)15-25(4,5)6/h7-12,14H,13,15H2,1-6H3. The smallest absolute Gasteiger partial charge is 0.0671 e. The summed E-state index contributed by atoms with van der Waals surface area (Å²) in [6, 6.07) is 16.1. The Hall–Kier alpha value is -1.80. The van der Waals surface area contributed by atoms with Crippen molar-refractivity contribution < 1.29 is 0 Å². The Morgan fingerprint density at radius 1 is 1.00 bits per heavy atom. The molecular weight excluding hydrogens is 318 g/mol. The molecule has 2 aromatic carbocycles. The summed E-state index contributed by atoms with van der Waals surface area (Å²) in [6.45, 7) is 14.3. The van der Waals surface area contributed by atoms with Crippen molar-refractivity contribution in [3.63, 3.8) is 0 Å². The molecule has 0 radical (unpaired) electrons. The number of hydrogen-bond donors (Lipinski definition) is 0. The molecule has 2 heteroatoms. The Labute approximate surface area is 152 Å². The van der Waals surface area contributed by atoms with E-state index in [0.717, 1.165) is 6.42 Å². The van der Waals surface area contributed by atoms with Gasteiger partial charge in [0, 0.05) is 29.1 Å². The van der Waals surface area contributed by atoms with Crippen LogP contribution in [0.1, 0.15) is 37.5 Å². The van der Waals surface area contributed by atoms with E-state index < -0.39 is 8.07 Å². The maximum absolute atomic E-state index is 2.63. The lowest BCUT2D eigenvalue weighted by Crippen LogP contribution is -2.28. The van der Waals surface area contributed by atoms with Crippen molar-refractivity contribution in [1.82, 2.24) is 4.57 Å². The summed E-state index contributed by atoms with van der Waals surface area (Å²) in [5, 5.41) is 1.47. The van der Waals surface area contributed by atoms with Gasteiger partial charge in [0.1, 0.15) is 0 Å². The van der Waals surface area contributed by atoms with Crippen LogP contribution in [-0.2, 0) is 18.0 Å². The highest BCUT2D eigenvalue weighted by Crippen LogP contribution is 2.44. The summed E-state index contributed by atoms with van der Waals surface area (Å²) in [5.74, 6) is 0. The van der Waals surface area contributed by atoms with E-state index in [0.29, 0.717) is 0 Å². The minimum atomic E-state index is -1.23. The van der Waals surface area contributed by atoms with E-state index in [1.165, 1.54) is 39.5 Å². The van der Waals surface area contributed by atoms with Crippen LogP contribution in [-0.4, -0.2) is 12.6 Å². The number of benzene rings is 2. The van der Waals surface area contributed by atoms with Crippen LogP contribution < -0.4 is 0 Å². The average molecular weight is 348 g/mol. The molecule has 0 unspecified atom stereocenters. The molecule has 0 N–H and O–H groups in total. The predicted octanol–water partition coefficient (Wildman–Crippen LogP) is 6.39. The molecule has 1 heterocycles. The number of fused-ring (bicyclic) bond motifs is 5. The molecule has 0 bridgehead atoms. The van der Waals surface area contributed by atoms with Crippen LogP contribution in [0.5, 0.6) is 0 Å². The maximum Gasteiger partial charge on any atom is 0.0671 e. The Kier molecular flexibility index (Phi) is 3.56. The van der Waals surface area contributed by atoms with E-state index in [2.05, 4.69) is 87.4 Å². The molecule has 0 fully saturated rings. The monoisotopic (exact) mass is 347 g/mol. The first-order chi connectivity index (χ1) is 11.6. The average Bonchev–Trinajstić information content (AvgIpc) is 3.01. The third-order valence-electron chi connectivity index (χ3n) is 5.31. The van der Waals surface area contributed by atoms with Crippen molar-refractivity contribution in [2.45, 2.75) is 58.4 Å². The van der Waals surface area contributed by atoms with Gasteiger partial charge in [0.2, 0.25) is 0 Å². The molecule has 0 saturated heterocycles. The van der Waals surface area contributed by atoms with Gasteiger partial charge < -0.3 is 4.57 Å². The third kappa shape index (κ3) is 2.77. The Bertz CT molecular complexity index is 964. The second kappa shape index (κ2) is 5.34. The minimum Gasteiger partial charge on any atom is -0.343 e. The molecule has 130 valence electrons. The summed E-state index contributed by atoms with van der Waals surface area (Å²) < 4.78 is 2.63. The molecular formula is C23H29NSi. The van der Waals surface area contributed by atoms with Crippen molar-refractivity contribution in [1.29, 1.82) is 0 Å². The van der Waals surface area contributed by atoms with Crippen LogP contribution in [0.4, 0.5) is 0 Å². The van der Waals surface area contributed by atoms with Crippen LogP contribution in [0, 0.1) is 0 Å². The predicted molar refractivity (Wildman–Crippen MR) is 112 cm³/mol. The van der Waals surface area contributed by atoms with E-state index >= 15 is 0 Å². The number of nitrogens with zero attached hydrogens (tertiary/aromatic N) is 1. The fourth-order valence-electron chi connectivity index (χ4n) is 4.11. The van der Waals surface area contributed by atoms with Gasteiger partial charge in [-0.3, -0.25) is 0 Å². The molecule has 1 aliphatic rings. The lowest BCUT2D eigenvalue weighted by atomic mass is 9.86. The second-order valence-corrected chi connectivity index (χ2v) is 15.2. The van der Waals surface area contributed by atoms with E-state index in [4.69, 9.17) is 0 Å². The summed E-state index contributed by atoms with van der Waals surface area (Å²) in [5.41, 5.74) is 9.01. The molecule has 3 aromatic rings. The number of aromatic nitrogens is 1. The van der Waals surface area contributed by atoms with Crippen LogP contribution in [0.2, 0.25) is 19.6 Å². The van der Waals surface area contributed by atoms with Crippen LogP contribution in [0.15, 0.2) is 42.5 Å². The zero-order valence-corrected chi connectivity index (χ0v) is 17.4. The summed E-state index contributed by atoms with van der Waals surface area (Å²) in [6.07, 6.45) is 2.26. The molecule has 1 nitrogen and oxygen atoms in total. The van der Waals surface area contributed by atoms with Crippen LogP contribution >= 0.6 is 0 Å². The molecule has 1 aliphatic carbocycles. The molecule has 1 aromatic heterocycles. The van der Waals surface area contributed by atoms with E-state index in [-0.39, 0.29) is 5.41 Å². The van der Waals surface area contributed by atoms with Gasteiger partial charge in [-0.1, -0.05) is 70.7 Å². The second-order valence-electron chi connectivity index (χ2n) is 9.79. The SMILES string of the molecule is CC(C)(C)c1ccc2c(c1)c1c(n2C[Si](C)(C)C)-c2ccccc2C1. The third-order valence-corrected chi connectivity index (χ3v) is 6.57. The highest BCUT2D eigenvalue weighted by Gasteiger charge is 2.29. The summed E-state index contributed by atoms with van der Waals surface area (Å²) in [4.78, 5) is 0. The van der Waals surface area contributed by atoms with Crippen LogP contribution in [0.25, 0.3) is 22.2 Å². The zero-order chi connectivity index (χ0) is 18.0. The maximum atomic E-state index is 2.63. The topological polar surface area (TPSA) is 4.93 Å². The first kappa shape index (κ1) is 16.7. The van der Waals surface area contributed by atoms with Crippen molar-refractivity contribution in [3.8, 4) is 11.3 Å². The van der Waals surface area contributed by atoms with Gasteiger partial charge >= 0.3 is 0 Å². The molecule has 25 heavy (non-hydrogen) atoms. The van der Waals surface area contributed by atoms with Crippen molar-refractivity contribution >= 4 is 19.0 Å². The lowest BCUT2D eigenvalue weighted by molar-refractivity contribution is 0.591. The van der Waals surface area contributed by atoms with E-state index in [1.807, 2.05) is 0 Å². The van der Waals surface area contributed by atoms with Gasteiger partial charge in [-0.2, -0.15) is 0 Å². The molecule has 0 spiro atoms. The molecule has 4 rings (SSSR count). The molecule has 0 amide bonds. The Balaban J connectivity index is 2.03. The molecule has 0 aliphatic heterocycles. The van der Waals surface area contributed by atoms with E-state index in [9.17, 15) is 0 Å². The largest absolute Gasteiger partial charge is 0.343 e. The first-order valence-corrected chi connectivity index (χ1v) is 13.1. The normalized spacial score (nSPS) is 14.0. The van der Waals surface area contributed by atoms with Gasteiger partial charge in [0.05, 0.1) is 13.8 Å². The summed E-state index contributed by atoms with van der Waals surface area (Å²) in [7, 11) is -1.23. The number of hydrogen-bond acceptors (Lipinski definition) is 0. The minimum absolute atomic E-state index is 0.188. The van der Waals surface area contributed by atoms with Gasteiger partial charge in [-0.15, -0.1) is 0 Å². The molecule has 0 atom stereocenters. The van der Waals surface area contributed by atoms with Gasteiger partial charge in [-0.05, 0) is 34.2 Å². The van der Waals surface area contributed by atoms with Gasteiger partial charge in [0.15, 0.2) is 0 Å². The van der Waals surface area contributed by atoms with Gasteiger partial charge in [0.25, 0.3) is 0 Å². The highest BCUT2D eigenvalue weighted by molar-refractivity contribution is 6.75. The Morgan fingerprint density at radius 3 is 2.40 bits per heavy atom. The van der Waals surface area contributed by atoms with Crippen molar-refractivity contribution in [3.05, 3.63) is 59.2 Å². The lowest BCUT2D eigenvalue weighted by Gasteiger charge is -2.22.